The number of nitrogens with zero attached hydrogens (tertiary/aromatic N) is 2. The average molecular weight is 548 g/mol. The summed E-state index contributed by atoms with van der Waals surface area (Å²) in [5.41, 5.74) is 1.73. The number of ether oxygens (including phenoxy) is 1. The number of benzene rings is 1. The zero-order chi connectivity index (χ0) is 26.7. The van der Waals surface area contributed by atoms with Gasteiger partial charge in [-0.2, -0.15) is 4.31 Å². The molecule has 202 valence electrons. The molecule has 1 saturated heterocycles. The molecule has 1 fully saturated rings. The van der Waals surface area contributed by atoms with Crippen molar-refractivity contribution >= 4 is 38.2 Å². The van der Waals surface area contributed by atoms with E-state index in [1.165, 1.54) is 35.6 Å². The second kappa shape index (κ2) is 11.6. The van der Waals surface area contributed by atoms with E-state index < -0.39 is 21.9 Å². The van der Waals surface area contributed by atoms with Gasteiger partial charge in [0, 0.05) is 36.6 Å². The second-order valence-electron chi connectivity index (χ2n) is 10.2. The number of esters is 1. The highest BCUT2D eigenvalue weighted by Crippen LogP contribution is 2.38. The lowest BCUT2D eigenvalue weighted by molar-refractivity contribution is 0.0526. The number of anilines is 1. The quantitative estimate of drug-likeness (QED) is 0.485. The van der Waals surface area contributed by atoms with Gasteiger partial charge in [0.1, 0.15) is 5.00 Å². The molecule has 0 spiro atoms. The lowest BCUT2D eigenvalue weighted by atomic mass is 9.94. The number of carbonyl (C=O) groups excluding carboxylic acids is 2. The van der Waals surface area contributed by atoms with Crippen LogP contribution in [0, 0.1) is 11.8 Å². The molecule has 2 aliphatic heterocycles. The summed E-state index contributed by atoms with van der Waals surface area (Å²) in [5.74, 6) is -0.199. The highest BCUT2D eigenvalue weighted by atomic mass is 32.2. The van der Waals surface area contributed by atoms with E-state index in [-0.39, 0.29) is 11.5 Å². The van der Waals surface area contributed by atoms with E-state index in [1.807, 2.05) is 0 Å². The van der Waals surface area contributed by atoms with Crippen LogP contribution in [0.3, 0.4) is 0 Å². The van der Waals surface area contributed by atoms with E-state index in [2.05, 4.69) is 31.0 Å². The van der Waals surface area contributed by atoms with Gasteiger partial charge in [-0.25, -0.2) is 13.2 Å². The normalized spacial score (nSPS) is 20.9. The van der Waals surface area contributed by atoms with Crippen LogP contribution in [0.4, 0.5) is 5.00 Å². The Morgan fingerprint density at radius 3 is 2.41 bits per heavy atom. The Bertz CT molecular complexity index is 1230. The second-order valence-corrected chi connectivity index (χ2v) is 13.2. The third-order valence-electron chi connectivity index (χ3n) is 6.97. The minimum absolute atomic E-state index is 0.181. The Hall–Kier alpha value is -2.27. The molecular weight excluding hydrogens is 510 g/mol. The van der Waals surface area contributed by atoms with Crippen LogP contribution in [0.2, 0.25) is 0 Å². The van der Waals surface area contributed by atoms with E-state index in [1.54, 1.807) is 11.2 Å². The summed E-state index contributed by atoms with van der Waals surface area (Å²) >= 11 is 1.42. The van der Waals surface area contributed by atoms with Gasteiger partial charge in [-0.1, -0.05) is 20.8 Å². The van der Waals surface area contributed by atoms with E-state index in [0.717, 1.165) is 49.3 Å². The number of carbonyl (C=O) groups is 2. The average Bonchev–Trinajstić information content (AvgIpc) is 3.21. The number of fused-ring (bicyclic) bond motifs is 1. The molecule has 1 amide bonds. The zero-order valence-electron chi connectivity index (χ0n) is 22.1. The van der Waals surface area contributed by atoms with Crippen molar-refractivity contribution < 1.29 is 22.7 Å². The number of thiophene rings is 1. The third kappa shape index (κ3) is 6.08. The van der Waals surface area contributed by atoms with Crippen LogP contribution in [0.25, 0.3) is 0 Å². The van der Waals surface area contributed by atoms with Crippen molar-refractivity contribution in [2.24, 2.45) is 11.8 Å². The Kier molecular flexibility index (Phi) is 8.73. The molecule has 2 aromatic rings. The predicted octanol–water partition coefficient (Wildman–Crippen LogP) is 4.61. The van der Waals surface area contributed by atoms with Gasteiger partial charge < -0.3 is 10.1 Å². The highest BCUT2D eigenvalue weighted by Gasteiger charge is 2.32. The maximum Gasteiger partial charge on any atom is 0.341 e. The van der Waals surface area contributed by atoms with Crippen molar-refractivity contribution in [3.05, 3.63) is 45.8 Å². The van der Waals surface area contributed by atoms with Crippen LogP contribution in [0.5, 0.6) is 0 Å². The van der Waals surface area contributed by atoms with Crippen molar-refractivity contribution in [2.75, 3.05) is 38.1 Å². The molecule has 0 saturated carbocycles. The molecule has 2 aliphatic rings. The van der Waals surface area contributed by atoms with Gasteiger partial charge in [0.05, 0.1) is 17.1 Å². The molecular formula is C27H37N3O5S2. The summed E-state index contributed by atoms with van der Waals surface area (Å²) in [4.78, 5) is 29.6. The van der Waals surface area contributed by atoms with Gasteiger partial charge >= 0.3 is 5.97 Å². The van der Waals surface area contributed by atoms with Crippen LogP contribution in [-0.4, -0.2) is 62.3 Å². The number of amides is 1. The number of piperidine rings is 1. The topological polar surface area (TPSA) is 96.0 Å². The van der Waals surface area contributed by atoms with Gasteiger partial charge in [-0.15, -0.1) is 11.3 Å². The minimum Gasteiger partial charge on any atom is -0.462 e. The first-order chi connectivity index (χ1) is 17.6. The molecule has 1 aromatic carbocycles. The molecule has 0 radical (unpaired) electrons. The fraction of sp³-hybridized carbons (Fsp3) is 0.556. The maximum atomic E-state index is 13.2. The molecule has 10 heteroatoms. The molecule has 37 heavy (non-hydrogen) atoms. The van der Waals surface area contributed by atoms with Crippen LogP contribution in [0.15, 0.2) is 29.2 Å². The summed E-state index contributed by atoms with van der Waals surface area (Å²) in [6, 6.07) is 6.03. The van der Waals surface area contributed by atoms with E-state index in [4.69, 9.17) is 4.74 Å². The van der Waals surface area contributed by atoms with Gasteiger partial charge in [-0.05, 0) is 74.4 Å². The van der Waals surface area contributed by atoms with Crippen molar-refractivity contribution in [3.8, 4) is 0 Å². The van der Waals surface area contributed by atoms with E-state index in [0.29, 0.717) is 41.1 Å². The zero-order valence-corrected chi connectivity index (χ0v) is 23.7. The molecule has 2 atom stereocenters. The highest BCUT2D eigenvalue weighted by molar-refractivity contribution is 7.89. The van der Waals surface area contributed by atoms with Gasteiger partial charge in [0.25, 0.3) is 5.91 Å². The smallest absolute Gasteiger partial charge is 0.341 e. The summed E-state index contributed by atoms with van der Waals surface area (Å²) < 4.78 is 33.2. The fourth-order valence-corrected chi connectivity index (χ4v) is 8.33. The molecule has 3 heterocycles. The Labute approximate surface area is 224 Å². The largest absolute Gasteiger partial charge is 0.462 e. The number of sulfonamides is 1. The monoisotopic (exact) mass is 547 g/mol. The lowest BCUT2D eigenvalue weighted by Crippen LogP contribution is -2.42. The van der Waals surface area contributed by atoms with E-state index in [9.17, 15) is 18.0 Å². The summed E-state index contributed by atoms with van der Waals surface area (Å²) in [5, 5.41) is 3.39. The van der Waals surface area contributed by atoms with Gasteiger partial charge in [-0.3, -0.25) is 9.69 Å². The van der Waals surface area contributed by atoms with Gasteiger partial charge in [0.2, 0.25) is 10.0 Å². The Morgan fingerprint density at radius 2 is 1.78 bits per heavy atom. The minimum atomic E-state index is -3.63. The molecule has 2 unspecified atom stereocenters. The SMILES string of the molecule is CCCN1CCc2c(sc(NC(=O)c3ccc(S(=O)(=O)N4CC(C)CC(C)C4)cc3)c2C(=O)OCC)C1. The van der Waals surface area contributed by atoms with Crippen molar-refractivity contribution in [3.63, 3.8) is 0 Å². The Balaban J connectivity index is 1.54. The van der Waals surface area contributed by atoms with Crippen LogP contribution < -0.4 is 5.32 Å². The molecule has 4 rings (SSSR count). The first-order valence-electron chi connectivity index (χ1n) is 13.1. The molecule has 0 bridgehead atoms. The number of rotatable bonds is 8. The number of hydrogen-bond donors (Lipinski definition) is 1. The first kappa shape index (κ1) is 27.8. The Morgan fingerprint density at radius 1 is 1.11 bits per heavy atom. The molecule has 1 N–H and O–H groups in total. The summed E-state index contributed by atoms with van der Waals surface area (Å²) in [7, 11) is -3.63. The number of nitrogens with one attached hydrogen (secondary N) is 1. The lowest BCUT2D eigenvalue weighted by Gasteiger charge is -2.34. The first-order valence-corrected chi connectivity index (χ1v) is 15.3. The molecule has 0 aliphatic carbocycles. The summed E-state index contributed by atoms with van der Waals surface area (Å²) in [6.07, 6.45) is 2.80. The van der Waals surface area contributed by atoms with E-state index >= 15 is 0 Å². The van der Waals surface area contributed by atoms with Crippen LogP contribution >= 0.6 is 11.3 Å². The molecule has 8 nitrogen and oxygen atoms in total. The predicted molar refractivity (Wildman–Crippen MR) is 146 cm³/mol. The number of hydrogen-bond acceptors (Lipinski definition) is 7. The van der Waals surface area contributed by atoms with Crippen LogP contribution in [-0.2, 0) is 27.7 Å². The van der Waals surface area contributed by atoms with Gasteiger partial charge in [0.15, 0.2) is 0 Å². The van der Waals surface area contributed by atoms with Crippen molar-refractivity contribution in [2.45, 2.75) is 58.4 Å². The third-order valence-corrected chi connectivity index (χ3v) is 9.95. The standard InChI is InChI=1S/C27H37N3O5S2/c1-5-12-29-13-11-22-23(17-29)36-26(24(22)27(32)35-6-2)28-25(31)20-7-9-21(10-8-20)37(33,34)30-15-18(3)14-19(4)16-30/h7-10,18-19H,5-6,11-17H2,1-4H3,(H,28,31). The maximum absolute atomic E-state index is 13.2. The summed E-state index contributed by atoms with van der Waals surface area (Å²) in [6.45, 7) is 11.9. The van der Waals surface area contributed by atoms with Crippen molar-refractivity contribution in [1.29, 1.82) is 0 Å². The van der Waals surface area contributed by atoms with Crippen LogP contribution in [0.1, 0.15) is 71.7 Å². The van der Waals surface area contributed by atoms with Crippen molar-refractivity contribution in [1.82, 2.24) is 9.21 Å². The fourth-order valence-electron chi connectivity index (χ4n) is 5.38. The molecule has 1 aromatic heterocycles.